The number of carbonyl (C=O) groups is 1. The Morgan fingerprint density at radius 3 is 2.61 bits per heavy atom. The highest BCUT2D eigenvalue weighted by molar-refractivity contribution is 7.13. The van der Waals surface area contributed by atoms with Gasteiger partial charge in [-0.3, -0.25) is 9.59 Å². The van der Waals surface area contributed by atoms with E-state index in [1.165, 1.54) is 18.3 Å². The third-order valence-electron chi connectivity index (χ3n) is 4.38. The molecule has 6 heteroatoms. The van der Waals surface area contributed by atoms with Crippen LogP contribution in [0.2, 0.25) is 0 Å². The lowest BCUT2D eigenvalue weighted by molar-refractivity contribution is -0.131. The summed E-state index contributed by atoms with van der Waals surface area (Å²) in [4.78, 5) is 29.1. The Morgan fingerprint density at radius 1 is 1.14 bits per heavy atom. The van der Waals surface area contributed by atoms with Crippen molar-refractivity contribution in [3.05, 3.63) is 69.4 Å². The highest BCUT2D eigenvalue weighted by atomic mass is 32.1. The van der Waals surface area contributed by atoms with E-state index in [1.807, 2.05) is 35.7 Å². The fourth-order valence-corrected chi connectivity index (χ4v) is 4.04. The third kappa shape index (κ3) is 3.23. The molecule has 0 radical (unpaired) electrons. The first-order valence-corrected chi connectivity index (χ1v) is 9.60. The van der Waals surface area contributed by atoms with E-state index in [2.05, 4.69) is 4.98 Å². The Hall–Kier alpha value is -3.25. The number of esters is 1. The first-order valence-electron chi connectivity index (χ1n) is 8.72. The second-order valence-electron chi connectivity index (χ2n) is 6.47. The van der Waals surface area contributed by atoms with Gasteiger partial charge in [-0.1, -0.05) is 30.3 Å². The average Bonchev–Trinajstić information content (AvgIpc) is 3.11. The maximum absolute atomic E-state index is 13.2. The van der Waals surface area contributed by atoms with Crippen molar-refractivity contribution in [1.82, 2.24) is 4.98 Å². The summed E-state index contributed by atoms with van der Waals surface area (Å²) in [6, 6.07) is 13.1. The van der Waals surface area contributed by atoms with Crippen LogP contribution in [-0.2, 0) is 4.79 Å². The summed E-state index contributed by atoms with van der Waals surface area (Å²) < 4.78 is 11.1. The predicted molar refractivity (Wildman–Crippen MR) is 110 cm³/mol. The lowest BCUT2D eigenvalue weighted by Crippen LogP contribution is -2.10. The molecule has 2 heterocycles. The summed E-state index contributed by atoms with van der Waals surface area (Å²) in [6.45, 7) is 4.87. The molecule has 0 saturated carbocycles. The van der Waals surface area contributed by atoms with Crippen molar-refractivity contribution in [3.63, 3.8) is 0 Å². The van der Waals surface area contributed by atoms with E-state index in [0.717, 1.165) is 10.6 Å². The molecular weight excluding hydrogens is 374 g/mol. The molecule has 0 bridgehead atoms. The van der Waals surface area contributed by atoms with E-state index < -0.39 is 5.97 Å². The van der Waals surface area contributed by atoms with Crippen LogP contribution >= 0.6 is 11.3 Å². The zero-order valence-electron chi connectivity index (χ0n) is 15.6. The molecule has 2 aromatic heterocycles. The Balaban J connectivity index is 1.87. The Kier molecular flexibility index (Phi) is 4.57. The molecule has 0 aliphatic heterocycles. The molecule has 0 saturated heterocycles. The van der Waals surface area contributed by atoms with E-state index in [1.54, 1.807) is 26.0 Å². The van der Waals surface area contributed by atoms with Crippen LogP contribution in [0, 0.1) is 13.8 Å². The van der Waals surface area contributed by atoms with Gasteiger partial charge in [0.25, 0.3) is 0 Å². The van der Waals surface area contributed by atoms with E-state index in [4.69, 9.17) is 9.15 Å². The molecule has 0 aliphatic carbocycles. The van der Waals surface area contributed by atoms with Crippen molar-refractivity contribution in [2.45, 2.75) is 20.8 Å². The minimum atomic E-state index is -0.426. The first-order chi connectivity index (χ1) is 13.4. The molecule has 0 fully saturated rings. The summed E-state index contributed by atoms with van der Waals surface area (Å²) in [5.41, 5.74) is 2.98. The van der Waals surface area contributed by atoms with Crippen molar-refractivity contribution in [3.8, 4) is 27.6 Å². The van der Waals surface area contributed by atoms with Gasteiger partial charge in [-0.25, -0.2) is 4.98 Å². The number of ether oxygens (including phenoxy) is 1. The SMILES string of the molecule is CC(=O)Oc1cc(C)c2c(=O)c(-c3csc(-c4ccccc4)n3)c(C)oc2c1. The van der Waals surface area contributed by atoms with Gasteiger partial charge in [0.1, 0.15) is 22.1 Å². The van der Waals surface area contributed by atoms with Gasteiger partial charge in [-0.2, -0.15) is 0 Å². The molecule has 28 heavy (non-hydrogen) atoms. The third-order valence-corrected chi connectivity index (χ3v) is 5.28. The predicted octanol–water partition coefficient (Wildman–Crippen LogP) is 5.13. The quantitative estimate of drug-likeness (QED) is 0.358. The minimum absolute atomic E-state index is 0.143. The molecule has 0 spiro atoms. The zero-order valence-corrected chi connectivity index (χ0v) is 16.4. The van der Waals surface area contributed by atoms with Crippen LogP contribution in [-0.4, -0.2) is 11.0 Å². The van der Waals surface area contributed by atoms with Crippen LogP contribution in [0.1, 0.15) is 18.2 Å². The maximum Gasteiger partial charge on any atom is 0.308 e. The largest absolute Gasteiger partial charge is 0.460 e. The summed E-state index contributed by atoms with van der Waals surface area (Å²) in [5.74, 6) is 0.403. The van der Waals surface area contributed by atoms with E-state index in [-0.39, 0.29) is 5.43 Å². The van der Waals surface area contributed by atoms with Crippen LogP contribution in [0.3, 0.4) is 0 Å². The van der Waals surface area contributed by atoms with Crippen LogP contribution in [0.4, 0.5) is 0 Å². The molecule has 2 aromatic carbocycles. The number of hydrogen-bond acceptors (Lipinski definition) is 6. The van der Waals surface area contributed by atoms with Gasteiger partial charge in [0, 0.05) is 23.9 Å². The fourth-order valence-electron chi connectivity index (χ4n) is 3.22. The average molecular weight is 391 g/mol. The monoisotopic (exact) mass is 391 g/mol. The second-order valence-corrected chi connectivity index (χ2v) is 7.33. The number of hydrogen-bond donors (Lipinski definition) is 0. The number of aromatic nitrogens is 1. The molecule has 140 valence electrons. The lowest BCUT2D eigenvalue weighted by Gasteiger charge is -2.09. The van der Waals surface area contributed by atoms with Gasteiger partial charge in [0.2, 0.25) is 5.43 Å². The molecule has 0 aliphatic rings. The van der Waals surface area contributed by atoms with Crippen LogP contribution in [0.15, 0.2) is 57.1 Å². The van der Waals surface area contributed by atoms with Gasteiger partial charge in [0.15, 0.2) is 0 Å². The highest BCUT2D eigenvalue weighted by Gasteiger charge is 2.19. The molecule has 0 amide bonds. The Bertz CT molecular complexity index is 1260. The molecule has 0 atom stereocenters. The van der Waals surface area contributed by atoms with E-state index in [0.29, 0.717) is 39.3 Å². The van der Waals surface area contributed by atoms with Crippen LogP contribution in [0.5, 0.6) is 5.75 Å². The van der Waals surface area contributed by atoms with Gasteiger partial charge in [-0.05, 0) is 25.5 Å². The highest BCUT2D eigenvalue weighted by Crippen LogP contribution is 2.32. The van der Waals surface area contributed by atoms with Crippen molar-refractivity contribution < 1.29 is 13.9 Å². The topological polar surface area (TPSA) is 69.4 Å². The summed E-state index contributed by atoms with van der Waals surface area (Å²) in [5, 5.41) is 3.18. The van der Waals surface area contributed by atoms with E-state index >= 15 is 0 Å². The van der Waals surface area contributed by atoms with Crippen molar-refractivity contribution in [2.24, 2.45) is 0 Å². The zero-order chi connectivity index (χ0) is 19.8. The van der Waals surface area contributed by atoms with Crippen LogP contribution in [0.25, 0.3) is 32.8 Å². The Morgan fingerprint density at radius 2 is 1.89 bits per heavy atom. The Labute approximate surface area is 165 Å². The van der Waals surface area contributed by atoms with Gasteiger partial charge in [0.05, 0.1) is 16.6 Å². The van der Waals surface area contributed by atoms with Crippen molar-refractivity contribution >= 4 is 28.3 Å². The second kappa shape index (κ2) is 7.05. The van der Waals surface area contributed by atoms with Crippen molar-refractivity contribution in [1.29, 1.82) is 0 Å². The van der Waals surface area contributed by atoms with Gasteiger partial charge < -0.3 is 9.15 Å². The van der Waals surface area contributed by atoms with Crippen molar-refractivity contribution in [2.75, 3.05) is 0 Å². The van der Waals surface area contributed by atoms with Crippen LogP contribution < -0.4 is 10.2 Å². The smallest absolute Gasteiger partial charge is 0.308 e. The molecular formula is C22H17NO4S. The summed E-state index contributed by atoms with van der Waals surface area (Å²) in [6.07, 6.45) is 0. The van der Waals surface area contributed by atoms with E-state index in [9.17, 15) is 9.59 Å². The number of carbonyl (C=O) groups excluding carboxylic acids is 1. The fraction of sp³-hybridized carbons (Fsp3) is 0.136. The first kappa shape index (κ1) is 18.1. The number of benzene rings is 2. The molecule has 0 unspecified atom stereocenters. The number of fused-ring (bicyclic) bond motifs is 1. The summed E-state index contributed by atoms with van der Waals surface area (Å²) in [7, 11) is 0. The number of aryl methyl sites for hydroxylation is 2. The lowest BCUT2D eigenvalue weighted by atomic mass is 10.0. The molecule has 4 aromatic rings. The summed E-state index contributed by atoms with van der Waals surface area (Å²) >= 11 is 1.48. The van der Waals surface area contributed by atoms with Gasteiger partial charge in [-0.15, -0.1) is 11.3 Å². The molecule has 4 rings (SSSR count). The normalized spacial score (nSPS) is 11.0. The molecule has 0 N–H and O–H groups in total. The molecule has 5 nitrogen and oxygen atoms in total. The standard InChI is InChI=1S/C22H17NO4S/c1-12-9-16(27-14(3)24)10-18-19(12)21(25)20(13(2)26-18)17-11-28-22(23-17)15-7-5-4-6-8-15/h4-11H,1-3H3. The number of nitrogens with zero attached hydrogens (tertiary/aromatic N) is 1. The minimum Gasteiger partial charge on any atom is -0.460 e. The van der Waals surface area contributed by atoms with Gasteiger partial charge >= 0.3 is 5.97 Å². The number of rotatable bonds is 3. The maximum atomic E-state index is 13.2. The number of thiazole rings is 1.